The van der Waals surface area contributed by atoms with Crippen LogP contribution in [0.1, 0.15) is 48.5 Å². The van der Waals surface area contributed by atoms with Crippen molar-refractivity contribution in [1.82, 2.24) is 10.1 Å². The quantitative estimate of drug-likeness (QED) is 0.867. The van der Waals surface area contributed by atoms with Gasteiger partial charge in [0.15, 0.2) is 5.76 Å². The van der Waals surface area contributed by atoms with E-state index in [1.807, 2.05) is 13.8 Å². The molecule has 17 heavy (non-hydrogen) atoms. The summed E-state index contributed by atoms with van der Waals surface area (Å²) in [5.74, 6) is 0.549. The monoisotopic (exact) mass is 240 g/mol. The number of carbonyl (C=O) groups is 1. The van der Waals surface area contributed by atoms with Gasteiger partial charge in [0.25, 0.3) is 5.91 Å². The molecule has 1 aromatic heterocycles. The van der Waals surface area contributed by atoms with Gasteiger partial charge in [-0.05, 0) is 13.8 Å². The van der Waals surface area contributed by atoms with E-state index < -0.39 is 6.10 Å². The van der Waals surface area contributed by atoms with Crippen molar-refractivity contribution in [1.29, 1.82) is 0 Å². The average Bonchev–Trinajstić information content (AvgIpc) is 2.58. The Bertz CT molecular complexity index is 396. The lowest BCUT2D eigenvalue weighted by atomic mass is 10.0. The minimum Gasteiger partial charge on any atom is -0.392 e. The summed E-state index contributed by atoms with van der Waals surface area (Å²) in [6.45, 7) is 7.59. The molecule has 0 aliphatic carbocycles. The molecule has 1 unspecified atom stereocenters. The SMILES string of the molecule is Cc1noc(C(C)C)c1C(=O)N(C)CC(C)O. The van der Waals surface area contributed by atoms with Gasteiger partial charge in [0.1, 0.15) is 5.56 Å². The molecule has 1 rings (SSSR count). The zero-order valence-corrected chi connectivity index (χ0v) is 11.0. The van der Waals surface area contributed by atoms with Crippen molar-refractivity contribution < 1.29 is 14.4 Å². The number of carbonyl (C=O) groups excluding carboxylic acids is 1. The van der Waals surface area contributed by atoms with Crippen molar-refractivity contribution in [3.8, 4) is 0 Å². The molecule has 5 nitrogen and oxygen atoms in total. The maximum atomic E-state index is 12.2. The second kappa shape index (κ2) is 5.31. The molecule has 1 aromatic rings. The average molecular weight is 240 g/mol. The highest BCUT2D eigenvalue weighted by Crippen LogP contribution is 2.23. The van der Waals surface area contributed by atoms with Crippen LogP contribution in [0.4, 0.5) is 0 Å². The predicted molar refractivity (Wildman–Crippen MR) is 64.0 cm³/mol. The molecule has 5 heteroatoms. The first kappa shape index (κ1) is 13.7. The molecular weight excluding hydrogens is 220 g/mol. The van der Waals surface area contributed by atoms with Crippen LogP contribution in [0.25, 0.3) is 0 Å². The van der Waals surface area contributed by atoms with E-state index in [1.54, 1.807) is 20.9 Å². The van der Waals surface area contributed by atoms with Gasteiger partial charge in [-0.3, -0.25) is 4.79 Å². The largest absolute Gasteiger partial charge is 0.392 e. The van der Waals surface area contributed by atoms with Crippen LogP contribution in [0.5, 0.6) is 0 Å². The lowest BCUT2D eigenvalue weighted by Gasteiger charge is -2.19. The van der Waals surface area contributed by atoms with Gasteiger partial charge in [-0.2, -0.15) is 0 Å². The lowest BCUT2D eigenvalue weighted by molar-refractivity contribution is 0.0700. The summed E-state index contributed by atoms with van der Waals surface area (Å²) in [5.41, 5.74) is 1.11. The number of rotatable bonds is 4. The van der Waals surface area contributed by atoms with Gasteiger partial charge in [0, 0.05) is 19.5 Å². The molecule has 0 spiro atoms. The number of aliphatic hydroxyl groups excluding tert-OH is 1. The molecule has 1 heterocycles. The maximum absolute atomic E-state index is 12.2. The molecule has 0 aliphatic heterocycles. The zero-order chi connectivity index (χ0) is 13.2. The van der Waals surface area contributed by atoms with Gasteiger partial charge >= 0.3 is 0 Å². The first-order valence-corrected chi connectivity index (χ1v) is 5.74. The molecule has 0 radical (unpaired) electrons. The van der Waals surface area contributed by atoms with E-state index >= 15 is 0 Å². The van der Waals surface area contributed by atoms with Gasteiger partial charge in [0.05, 0.1) is 11.8 Å². The molecule has 96 valence electrons. The van der Waals surface area contributed by atoms with Crippen molar-refractivity contribution in [2.45, 2.75) is 39.7 Å². The predicted octanol–water partition coefficient (Wildman–Crippen LogP) is 1.56. The number of hydrogen-bond acceptors (Lipinski definition) is 4. The number of likely N-dealkylation sites (N-methyl/N-ethyl adjacent to an activating group) is 1. The van der Waals surface area contributed by atoms with Crippen molar-refractivity contribution in [3.63, 3.8) is 0 Å². The van der Waals surface area contributed by atoms with Crippen molar-refractivity contribution >= 4 is 5.91 Å². The van der Waals surface area contributed by atoms with Crippen LogP contribution in [0.3, 0.4) is 0 Å². The Kier molecular flexibility index (Phi) is 4.28. The van der Waals surface area contributed by atoms with E-state index in [-0.39, 0.29) is 11.8 Å². The van der Waals surface area contributed by atoms with E-state index in [1.165, 1.54) is 4.90 Å². The summed E-state index contributed by atoms with van der Waals surface area (Å²) in [6.07, 6.45) is -0.549. The fourth-order valence-corrected chi connectivity index (χ4v) is 1.71. The summed E-state index contributed by atoms with van der Waals surface area (Å²) in [4.78, 5) is 13.7. The van der Waals surface area contributed by atoms with Crippen LogP contribution in [0.2, 0.25) is 0 Å². The summed E-state index contributed by atoms with van der Waals surface area (Å²) < 4.78 is 5.17. The third-order valence-corrected chi connectivity index (χ3v) is 2.51. The topological polar surface area (TPSA) is 66.6 Å². The maximum Gasteiger partial charge on any atom is 0.259 e. The van der Waals surface area contributed by atoms with Crippen LogP contribution in [0.15, 0.2) is 4.52 Å². The normalized spacial score (nSPS) is 12.9. The summed E-state index contributed by atoms with van der Waals surface area (Å²) >= 11 is 0. The molecule has 0 aromatic carbocycles. The first-order chi connectivity index (χ1) is 7.84. The number of hydrogen-bond donors (Lipinski definition) is 1. The van der Waals surface area contributed by atoms with E-state index in [2.05, 4.69) is 5.16 Å². The molecule has 0 aliphatic rings. The van der Waals surface area contributed by atoms with Gasteiger partial charge < -0.3 is 14.5 Å². The van der Waals surface area contributed by atoms with E-state index in [0.717, 1.165) is 0 Å². The number of amides is 1. The number of aryl methyl sites for hydroxylation is 1. The molecule has 0 saturated heterocycles. The van der Waals surface area contributed by atoms with E-state index in [0.29, 0.717) is 23.6 Å². The smallest absolute Gasteiger partial charge is 0.259 e. The minimum absolute atomic E-state index is 0.107. The van der Waals surface area contributed by atoms with Crippen LogP contribution < -0.4 is 0 Å². The van der Waals surface area contributed by atoms with Gasteiger partial charge in [0.2, 0.25) is 0 Å². The molecule has 0 fully saturated rings. The number of aromatic nitrogens is 1. The highest BCUT2D eigenvalue weighted by molar-refractivity contribution is 5.96. The van der Waals surface area contributed by atoms with Gasteiger partial charge in [-0.25, -0.2) is 0 Å². The molecule has 1 N–H and O–H groups in total. The van der Waals surface area contributed by atoms with Crippen LogP contribution in [-0.2, 0) is 0 Å². The Balaban J connectivity index is 2.99. The number of aliphatic hydroxyl groups is 1. The second-order valence-corrected chi connectivity index (χ2v) is 4.70. The fraction of sp³-hybridized carbons (Fsp3) is 0.667. The second-order valence-electron chi connectivity index (χ2n) is 4.70. The standard InChI is InChI=1S/C12H20N2O3/c1-7(2)11-10(9(4)13-17-11)12(16)14(5)6-8(3)15/h7-8,15H,6H2,1-5H3. The molecule has 0 saturated carbocycles. The third-order valence-electron chi connectivity index (χ3n) is 2.51. The van der Waals surface area contributed by atoms with Crippen LogP contribution in [-0.4, -0.2) is 40.8 Å². The van der Waals surface area contributed by atoms with Crippen LogP contribution in [0, 0.1) is 6.92 Å². The van der Waals surface area contributed by atoms with Crippen molar-refractivity contribution in [2.75, 3.05) is 13.6 Å². The summed E-state index contributed by atoms with van der Waals surface area (Å²) in [5, 5.41) is 13.1. The zero-order valence-electron chi connectivity index (χ0n) is 11.0. The highest BCUT2D eigenvalue weighted by atomic mass is 16.5. The van der Waals surface area contributed by atoms with Crippen LogP contribution >= 0.6 is 0 Å². The first-order valence-electron chi connectivity index (χ1n) is 5.74. The Hall–Kier alpha value is -1.36. The van der Waals surface area contributed by atoms with E-state index in [4.69, 9.17) is 4.52 Å². The lowest BCUT2D eigenvalue weighted by Crippen LogP contribution is -2.33. The fourth-order valence-electron chi connectivity index (χ4n) is 1.71. The van der Waals surface area contributed by atoms with Gasteiger partial charge in [-0.1, -0.05) is 19.0 Å². The summed E-state index contributed by atoms with van der Waals surface area (Å²) in [7, 11) is 1.66. The molecule has 0 bridgehead atoms. The molecule has 1 atom stereocenters. The molecular formula is C12H20N2O3. The van der Waals surface area contributed by atoms with Crippen molar-refractivity contribution in [2.24, 2.45) is 0 Å². The van der Waals surface area contributed by atoms with Crippen molar-refractivity contribution in [3.05, 3.63) is 17.0 Å². The Morgan fingerprint density at radius 1 is 1.47 bits per heavy atom. The third kappa shape index (κ3) is 3.06. The minimum atomic E-state index is -0.549. The highest BCUT2D eigenvalue weighted by Gasteiger charge is 2.25. The molecule has 1 amide bonds. The van der Waals surface area contributed by atoms with E-state index in [9.17, 15) is 9.90 Å². The Morgan fingerprint density at radius 2 is 2.06 bits per heavy atom. The Morgan fingerprint density at radius 3 is 2.53 bits per heavy atom. The Labute approximate surface area is 101 Å². The van der Waals surface area contributed by atoms with Gasteiger partial charge in [-0.15, -0.1) is 0 Å². The number of nitrogens with zero attached hydrogens (tertiary/aromatic N) is 2. The summed E-state index contributed by atoms with van der Waals surface area (Å²) in [6, 6.07) is 0.